The SMILES string of the molecule is CN(C)CCn1c2c(ccc1=O)CC(NC(=O)c1csnn1)CC2. The molecule has 1 N–H and O–H groups in total. The number of amides is 1. The van der Waals surface area contributed by atoms with Gasteiger partial charge in [0.1, 0.15) is 0 Å². The lowest BCUT2D eigenvalue weighted by Crippen LogP contribution is -2.41. The van der Waals surface area contributed by atoms with Crippen LogP contribution in [0.4, 0.5) is 0 Å². The van der Waals surface area contributed by atoms with Gasteiger partial charge in [0, 0.05) is 36.3 Å². The van der Waals surface area contributed by atoms with Crippen LogP contribution in [-0.4, -0.2) is 51.6 Å². The number of carbonyl (C=O) groups is 1. The summed E-state index contributed by atoms with van der Waals surface area (Å²) >= 11 is 1.17. The predicted octanol–water partition coefficient (Wildman–Crippen LogP) is 0.549. The molecular weight excluding hydrogens is 326 g/mol. The normalized spacial score (nSPS) is 16.9. The van der Waals surface area contributed by atoms with E-state index in [0.717, 1.165) is 37.1 Å². The quantitative estimate of drug-likeness (QED) is 0.854. The molecular formula is C16H21N5O2S. The van der Waals surface area contributed by atoms with Crippen LogP contribution in [-0.2, 0) is 19.4 Å². The zero-order valence-electron chi connectivity index (χ0n) is 13.9. The number of hydrogen-bond acceptors (Lipinski definition) is 6. The molecule has 1 aliphatic rings. The highest BCUT2D eigenvalue weighted by atomic mass is 32.1. The summed E-state index contributed by atoms with van der Waals surface area (Å²) in [5, 5.41) is 8.46. The van der Waals surface area contributed by atoms with Gasteiger partial charge in [-0.3, -0.25) is 9.59 Å². The second kappa shape index (κ2) is 7.23. The van der Waals surface area contributed by atoms with Crippen molar-refractivity contribution in [3.8, 4) is 0 Å². The van der Waals surface area contributed by atoms with E-state index in [1.54, 1.807) is 11.4 Å². The Bertz CT molecular complexity index is 769. The highest BCUT2D eigenvalue weighted by molar-refractivity contribution is 7.03. The Kier molecular flexibility index (Phi) is 5.06. The molecule has 7 nitrogen and oxygen atoms in total. The van der Waals surface area contributed by atoms with Gasteiger partial charge in [-0.1, -0.05) is 10.6 Å². The molecule has 24 heavy (non-hydrogen) atoms. The minimum atomic E-state index is -0.182. The summed E-state index contributed by atoms with van der Waals surface area (Å²) in [4.78, 5) is 26.4. The van der Waals surface area contributed by atoms with Gasteiger partial charge in [-0.15, -0.1) is 5.10 Å². The molecule has 1 unspecified atom stereocenters. The molecule has 0 radical (unpaired) electrons. The largest absolute Gasteiger partial charge is 0.348 e. The second-order valence-electron chi connectivity index (χ2n) is 6.30. The summed E-state index contributed by atoms with van der Waals surface area (Å²) in [7, 11) is 4.00. The van der Waals surface area contributed by atoms with Gasteiger partial charge in [0.15, 0.2) is 5.69 Å². The number of pyridine rings is 1. The monoisotopic (exact) mass is 347 g/mol. The molecule has 8 heteroatoms. The van der Waals surface area contributed by atoms with Gasteiger partial charge in [0.2, 0.25) is 0 Å². The van der Waals surface area contributed by atoms with Crippen LogP contribution in [0.3, 0.4) is 0 Å². The third-order valence-electron chi connectivity index (χ3n) is 4.28. The summed E-state index contributed by atoms with van der Waals surface area (Å²) in [5.74, 6) is -0.182. The number of aromatic nitrogens is 3. The molecule has 2 aromatic heterocycles. The van der Waals surface area contributed by atoms with Gasteiger partial charge in [-0.2, -0.15) is 0 Å². The fraction of sp³-hybridized carbons (Fsp3) is 0.500. The lowest BCUT2D eigenvalue weighted by Gasteiger charge is -2.28. The first-order chi connectivity index (χ1) is 11.5. The minimum absolute atomic E-state index is 0.0478. The molecule has 128 valence electrons. The van der Waals surface area contributed by atoms with E-state index >= 15 is 0 Å². The van der Waals surface area contributed by atoms with E-state index < -0.39 is 0 Å². The van der Waals surface area contributed by atoms with Crippen LogP contribution >= 0.6 is 11.5 Å². The second-order valence-corrected chi connectivity index (χ2v) is 6.91. The van der Waals surface area contributed by atoms with E-state index in [1.807, 2.05) is 24.7 Å². The van der Waals surface area contributed by atoms with E-state index in [-0.39, 0.29) is 17.5 Å². The van der Waals surface area contributed by atoms with Crippen LogP contribution in [0.25, 0.3) is 0 Å². The van der Waals surface area contributed by atoms with Gasteiger partial charge < -0.3 is 14.8 Å². The minimum Gasteiger partial charge on any atom is -0.348 e. The number of carbonyl (C=O) groups excluding carboxylic acids is 1. The van der Waals surface area contributed by atoms with Crippen molar-refractivity contribution in [2.45, 2.75) is 31.8 Å². The van der Waals surface area contributed by atoms with Crippen LogP contribution in [0.1, 0.15) is 28.2 Å². The summed E-state index contributed by atoms with van der Waals surface area (Å²) in [6.45, 7) is 1.52. The molecule has 2 aromatic rings. The fourth-order valence-electron chi connectivity index (χ4n) is 3.02. The summed E-state index contributed by atoms with van der Waals surface area (Å²) in [6, 6.07) is 3.58. The summed E-state index contributed by atoms with van der Waals surface area (Å²) in [6.07, 6.45) is 2.35. The van der Waals surface area contributed by atoms with Crippen molar-refractivity contribution in [1.82, 2.24) is 24.4 Å². The number of nitrogens with one attached hydrogen (secondary N) is 1. The molecule has 3 rings (SSSR count). The molecule has 0 saturated carbocycles. The van der Waals surface area contributed by atoms with E-state index in [1.165, 1.54) is 11.5 Å². The predicted molar refractivity (Wildman–Crippen MR) is 92.4 cm³/mol. The van der Waals surface area contributed by atoms with Crippen LogP contribution < -0.4 is 10.9 Å². The van der Waals surface area contributed by atoms with Gasteiger partial charge >= 0.3 is 0 Å². The molecule has 0 aromatic carbocycles. The van der Waals surface area contributed by atoms with Gasteiger partial charge in [0.05, 0.1) is 0 Å². The van der Waals surface area contributed by atoms with Crippen LogP contribution in [0.15, 0.2) is 22.3 Å². The standard InChI is InChI=1S/C16H21N5O2S/c1-20(2)7-8-21-14-5-4-12(9-11(14)3-6-15(21)22)17-16(23)13-10-24-19-18-13/h3,6,10,12H,4-5,7-9H2,1-2H3,(H,17,23). The third-order valence-corrected chi connectivity index (χ3v) is 4.79. The molecule has 0 aliphatic heterocycles. The maximum atomic E-state index is 12.2. The van der Waals surface area contributed by atoms with Crippen LogP contribution in [0.5, 0.6) is 0 Å². The van der Waals surface area contributed by atoms with Crippen molar-refractivity contribution in [3.63, 3.8) is 0 Å². The average molecular weight is 347 g/mol. The number of rotatable bonds is 5. The lowest BCUT2D eigenvalue weighted by molar-refractivity contribution is 0.0928. The maximum Gasteiger partial charge on any atom is 0.272 e. The number of hydrogen-bond donors (Lipinski definition) is 1. The van der Waals surface area contributed by atoms with Crippen molar-refractivity contribution in [1.29, 1.82) is 0 Å². The van der Waals surface area contributed by atoms with Gasteiger partial charge in [-0.25, -0.2) is 0 Å². The Morgan fingerprint density at radius 3 is 3.00 bits per heavy atom. The molecule has 0 fully saturated rings. The topological polar surface area (TPSA) is 80.1 Å². The molecule has 2 heterocycles. The van der Waals surface area contributed by atoms with Crippen LogP contribution in [0.2, 0.25) is 0 Å². The van der Waals surface area contributed by atoms with E-state index in [9.17, 15) is 9.59 Å². The number of fused-ring (bicyclic) bond motifs is 1. The fourth-order valence-corrected chi connectivity index (χ4v) is 3.45. The van der Waals surface area contributed by atoms with E-state index in [0.29, 0.717) is 12.2 Å². The zero-order chi connectivity index (χ0) is 17.1. The molecule has 0 bridgehead atoms. The van der Waals surface area contributed by atoms with Gasteiger partial charge in [0.25, 0.3) is 11.5 Å². The van der Waals surface area contributed by atoms with E-state index in [2.05, 4.69) is 19.8 Å². The summed E-state index contributed by atoms with van der Waals surface area (Å²) in [5.41, 5.74) is 2.65. The van der Waals surface area contributed by atoms with Crippen molar-refractivity contribution >= 4 is 17.4 Å². The molecule has 0 saturated heterocycles. The van der Waals surface area contributed by atoms with Crippen molar-refractivity contribution in [2.24, 2.45) is 0 Å². The molecule has 1 aliphatic carbocycles. The first-order valence-electron chi connectivity index (χ1n) is 7.99. The van der Waals surface area contributed by atoms with Crippen LogP contribution in [0, 0.1) is 0 Å². The average Bonchev–Trinajstić information content (AvgIpc) is 3.08. The smallest absolute Gasteiger partial charge is 0.272 e. The molecule has 1 amide bonds. The lowest BCUT2D eigenvalue weighted by atomic mass is 9.91. The zero-order valence-corrected chi connectivity index (χ0v) is 14.7. The van der Waals surface area contributed by atoms with Gasteiger partial charge in [-0.05, 0) is 50.5 Å². The van der Waals surface area contributed by atoms with Crippen molar-refractivity contribution in [3.05, 3.63) is 44.8 Å². The third kappa shape index (κ3) is 3.70. The highest BCUT2D eigenvalue weighted by Crippen LogP contribution is 2.20. The Morgan fingerprint density at radius 1 is 1.46 bits per heavy atom. The van der Waals surface area contributed by atoms with Crippen molar-refractivity contribution < 1.29 is 4.79 Å². The first kappa shape index (κ1) is 16.8. The molecule has 1 atom stereocenters. The Hall–Kier alpha value is -2.06. The number of nitrogens with zero attached hydrogens (tertiary/aromatic N) is 4. The Labute approximate surface area is 144 Å². The Balaban J connectivity index is 1.73. The van der Waals surface area contributed by atoms with E-state index in [4.69, 9.17) is 0 Å². The summed E-state index contributed by atoms with van der Waals surface area (Å²) < 4.78 is 5.59. The maximum absolute atomic E-state index is 12.2. The Morgan fingerprint density at radius 2 is 2.29 bits per heavy atom. The first-order valence-corrected chi connectivity index (χ1v) is 8.82. The highest BCUT2D eigenvalue weighted by Gasteiger charge is 2.23. The van der Waals surface area contributed by atoms with Crippen molar-refractivity contribution in [2.75, 3.05) is 20.6 Å². The molecule has 0 spiro atoms. The number of likely N-dealkylation sites (N-methyl/N-ethyl adjacent to an activating group) is 1.